The van der Waals surface area contributed by atoms with Crippen LogP contribution in [0, 0.1) is 0 Å². The number of piperazine rings is 1. The van der Waals surface area contributed by atoms with Crippen LogP contribution >= 0.6 is 0 Å². The number of rotatable bonds is 6. The van der Waals surface area contributed by atoms with Crippen molar-refractivity contribution < 1.29 is 14.0 Å². The Bertz CT molecular complexity index is 633. The molecule has 0 amide bonds. The predicted molar refractivity (Wildman–Crippen MR) is 93.0 cm³/mol. The number of aliphatic hydroxyl groups is 1. The van der Waals surface area contributed by atoms with Crippen molar-refractivity contribution in [2.75, 3.05) is 39.3 Å². The Labute approximate surface area is 147 Å². The summed E-state index contributed by atoms with van der Waals surface area (Å²) in [5.41, 5.74) is 0.954. The highest BCUT2D eigenvalue weighted by Gasteiger charge is 2.20. The van der Waals surface area contributed by atoms with Crippen LogP contribution in [0.3, 0.4) is 0 Å². The van der Waals surface area contributed by atoms with E-state index in [4.69, 9.17) is 8.94 Å². The number of aliphatic imine (C=N–C) groups is 1. The minimum atomic E-state index is -0.725. The van der Waals surface area contributed by atoms with Gasteiger partial charge < -0.3 is 24.3 Å². The zero-order chi connectivity index (χ0) is 17.5. The first-order valence-electron chi connectivity index (χ1n) is 8.62. The molecule has 2 aromatic heterocycles. The number of nitrogens with zero attached hydrogens (tertiary/aromatic N) is 4. The molecule has 1 aliphatic heterocycles. The van der Waals surface area contributed by atoms with Crippen molar-refractivity contribution in [1.29, 1.82) is 0 Å². The van der Waals surface area contributed by atoms with Gasteiger partial charge in [-0.2, -0.15) is 0 Å². The van der Waals surface area contributed by atoms with Gasteiger partial charge in [-0.25, -0.2) is 4.99 Å². The largest absolute Gasteiger partial charge is 0.467 e. The molecule has 25 heavy (non-hydrogen) atoms. The Balaban J connectivity index is 1.53. The lowest BCUT2D eigenvalue weighted by Gasteiger charge is -2.36. The molecule has 0 spiro atoms. The van der Waals surface area contributed by atoms with Crippen LogP contribution in [0.5, 0.6) is 0 Å². The van der Waals surface area contributed by atoms with E-state index in [1.807, 2.05) is 13.0 Å². The molecule has 0 radical (unpaired) electrons. The molecule has 2 N–H and O–H groups in total. The second-order valence-electron chi connectivity index (χ2n) is 5.98. The van der Waals surface area contributed by atoms with Crippen molar-refractivity contribution in [2.24, 2.45) is 4.99 Å². The average Bonchev–Trinajstić information content (AvgIpc) is 3.33. The van der Waals surface area contributed by atoms with Crippen LogP contribution in [0.2, 0.25) is 0 Å². The molecule has 1 aliphatic rings. The molecule has 0 bridgehead atoms. The molecule has 0 saturated carbocycles. The third kappa shape index (κ3) is 4.83. The molecular weight excluding hydrogens is 322 g/mol. The predicted octanol–water partition coefficient (Wildman–Crippen LogP) is 1.08. The Hall–Kier alpha value is -2.32. The van der Waals surface area contributed by atoms with Gasteiger partial charge in [-0.15, -0.1) is 0 Å². The Morgan fingerprint density at radius 2 is 2.16 bits per heavy atom. The molecule has 0 aliphatic carbocycles. The maximum atomic E-state index is 10.1. The molecule has 2 aromatic rings. The summed E-state index contributed by atoms with van der Waals surface area (Å²) in [7, 11) is 0. The first-order chi connectivity index (χ1) is 12.3. The van der Waals surface area contributed by atoms with E-state index in [2.05, 4.69) is 25.3 Å². The van der Waals surface area contributed by atoms with Gasteiger partial charge in [-0.1, -0.05) is 5.16 Å². The second kappa shape index (κ2) is 8.68. The van der Waals surface area contributed by atoms with Crippen LogP contribution in [0.4, 0.5) is 0 Å². The van der Waals surface area contributed by atoms with Crippen LogP contribution in [0.15, 0.2) is 44.7 Å². The van der Waals surface area contributed by atoms with Gasteiger partial charge in [-0.3, -0.25) is 4.90 Å². The molecule has 0 aromatic carbocycles. The van der Waals surface area contributed by atoms with E-state index in [1.54, 1.807) is 24.7 Å². The standard InChI is InChI=1S/C17H25N5O3/c1-2-18-17(19-12-15(23)16-4-3-10-24-16)22-8-6-21(7-9-22)13-14-5-11-25-20-14/h3-5,10-11,15,23H,2,6-9,12-13H2,1H3,(H,18,19). The number of aliphatic hydroxyl groups excluding tert-OH is 1. The van der Waals surface area contributed by atoms with Gasteiger partial charge in [0.2, 0.25) is 0 Å². The fourth-order valence-corrected chi connectivity index (χ4v) is 2.84. The van der Waals surface area contributed by atoms with Gasteiger partial charge in [0, 0.05) is 45.3 Å². The van der Waals surface area contributed by atoms with Crippen molar-refractivity contribution in [3.8, 4) is 0 Å². The number of nitrogens with one attached hydrogen (secondary N) is 1. The first-order valence-corrected chi connectivity index (χ1v) is 8.62. The fourth-order valence-electron chi connectivity index (χ4n) is 2.84. The lowest BCUT2D eigenvalue weighted by atomic mass is 10.3. The lowest BCUT2D eigenvalue weighted by molar-refractivity contribution is 0.154. The fraction of sp³-hybridized carbons (Fsp3) is 0.529. The highest BCUT2D eigenvalue weighted by Crippen LogP contribution is 2.13. The third-order valence-corrected chi connectivity index (χ3v) is 4.17. The summed E-state index contributed by atoms with van der Waals surface area (Å²) in [5.74, 6) is 1.37. The summed E-state index contributed by atoms with van der Waals surface area (Å²) >= 11 is 0. The SMILES string of the molecule is CCNC(=NCC(O)c1ccco1)N1CCN(Cc2ccon2)CC1. The number of furan rings is 1. The summed E-state index contributed by atoms with van der Waals surface area (Å²) < 4.78 is 10.1. The maximum Gasteiger partial charge on any atom is 0.194 e. The van der Waals surface area contributed by atoms with Gasteiger partial charge in [0.15, 0.2) is 5.96 Å². The Kier molecular flexibility index (Phi) is 6.08. The molecule has 3 heterocycles. The minimum absolute atomic E-state index is 0.273. The van der Waals surface area contributed by atoms with Crippen molar-refractivity contribution in [3.63, 3.8) is 0 Å². The normalized spacial score (nSPS) is 17.7. The molecule has 1 atom stereocenters. The molecule has 136 valence electrons. The van der Waals surface area contributed by atoms with E-state index in [0.29, 0.717) is 5.76 Å². The van der Waals surface area contributed by atoms with Gasteiger partial charge in [0.05, 0.1) is 18.5 Å². The molecule has 8 heteroatoms. The maximum absolute atomic E-state index is 10.1. The summed E-state index contributed by atoms with van der Waals surface area (Å²) in [5, 5.41) is 17.4. The van der Waals surface area contributed by atoms with Crippen molar-refractivity contribution >= 4 is 5.96 Å². The highest BCUT2D eigenvalue weighted by molar-refractivity contribution is 5.80. The first kappa shape index (κ1) is 17.5. The monoisotopic (exact) mass is 347 g/mol. The lowest BCUT2D eigenvalue weighted by Crippen LogP contribution is -2.52. The summed E-state index contributed by atoms with van der Waals surface area (Å²) in [6.07, 6.45) is 2.44. The summed E-state index contributed by atoms with van der Waals surface area (Å²) in [4.78, 5) is 9.13. The van der Waals surface area contributed by atoms with Crippen LogP contribution in [-0.2, 0) is 6.54 Å². The van der Waals surface area contributed by atoms with Crippen molar-refractivity contribution in [1.82, 2.24) is 20.3 Å². The third-order valence-electron chi connectivity index (χ3n) is 4.17. The van der Waals surface area contributed by atoms with Gasteiger partial charge in [0.25, 0.3) is 0 Å². The van der Waals surface area contributed by atoms with Crippen LogP contribution in [-0.4, -0.2) is 65.3 Å². The van der Waals surface area contributed by atoms with Crippen LogP contribution in [0.1, 0.15) is 24.5 Å². The number of hydrogen-bond donors (Lipinski definition) is 2. The minimum Gasteiger partial charge on any atom is -0.467 e. The number of hydrogen-bond acceptors (Lipinski definition) is 6. The van der Waals surface area contributed by atoms with Gasteiger partial charge >= 0.3 is 0 Å². The molecule has 3 rings (SSSR count). The van der Waals surface area contributed by atoms with E-state index in [0.717, 1.165) is 50.9 Å². The van der Waals surface area contributed by atoms with E-state index in [1.165, 1.54) is 0 Å². The number of guanidine groups is 1. The Morgan fingerprint density at radius 1 is 1.32 bits per heavy atom. The summed E-state index contributed by atoms with van der Waals surface area (Å²) in [6.45, 7) is 7.51. The molecule has 1 fully saturated rings. The molecule has 8 nitrogen and oxygen atoms in total. The van der Waals surface area contributed by atoms with Gasteiger partial charge in [0.1, 0.15) is 18.1 Å². The number of aromatic nitrogens is 1. The quantitative estimate of drug-likeness (QED) is 0.597. The summed E-state index contributed by atoms with van der Waals surface area (Å²) in [6, 6.07) is 5.42. The van der Waals surface area contributed by atoms with E-state index in [-0.39, 0.29) is 6.54 Å². The second-order valence-corrected chi connectivity index (χ2v) is 5.98. The Morgan fingerprint density at radius 3 is 2.80 bits per heavy atom. The van der Waals surface area contributed by atoms with Crippen LogP contribution < -0.4 is 5.32 Å². The zero-order valence-corrected chi connectivity index (χ0v) is 14.5. The van der Waals surface area contributed by atoms with E-state index in [9.17, 15) is 5.11 Å². The van der Waals surface area contributed by atoms with Crippen molar-refractivity contribution in [2.45, 2.75) is 19.6 Å². The highest BCUT2D eigenvalue weighted by atomic mass is 16.5. The smallest absolute Gasteiger partial charge is 0.194 e. The average molecular weight is 347 g/mol. The topological polar surface area (TPSA) is 90.3 Å². The molecule has 1 saturated heterocycles. The van der Waals surface area contributed by atoms with E-state index < -0.39 is 6.10 Å². The molecule has 1 unspecified atom stereocenters. The van der Waals surface area contributed by atoms with Gasteiger partial charge in [-0.05, 0) is 19.1 Å². The van der Waals surface area contributed by atoms with Crippen molar-refractivity contribution in [3.05, 3.63) is 42.2 Å². The molecular formula is C17H25N5O3. The van der Waals surface area contributed by atoms with E-state index >= 15 is 0 Å². The zero-order valence-electron chi connectivity index (χ0n) is 14.5. The van der Waals surface area contributed by atoms with Crippen LogP contribution in [0.25, 0.3) is 0 Å².